The highest BCUT2D eigenvalue weighted by Crippen LogP contribution is 2.26. The normalized spacial score (nSPS) is 12.4. The van der Waals surface area contributed by atoms with Crippen molar-refractivity contribution in [3.8, 4) is 0 Å². The molecule has 0 radical (unpaired) electrons. The van der Waals surface area contributed by atoms with Crippen molar-refractivity contribution in [2.45, 2.75) is 72.3 Å². The van der Waals surface area contributed by atoms with E-state index in [0.717, 1.165) is 12.8 Å². The standard InChI is InChI=1S/C17H28O6/c1-12(17(4,5)23-16(21)11-14(3)19)8-6-7-9-22-15(20)10-13(2)18/h12H,6-11H2,1-5H3. The second-order valence-corrected chi connectivity index (χ2v) is 6.45. The van der Waals surface area contributed by atoms with Crippen molar-refractivity contribution in [2.24, 2.45) is 5.92 Å². The smallest absolute Gasteiger partial charge is 0.313 e. The molecular formula is C17H28O6. The maximum Gasteiger partial charge on any atom is 0.313 e. The predicted molar refractivity (Wildman–Crippen MR) is 84.7 cm³/mol. The van der Waals surface area contributed by atoms with Crippen molar-refractivity contribution >= 4 is 23.5 Å². The zero-order valence-electron chi connectivity index (χ0n) is 14.8. The number of esters is 2. The molecule has 6 nitrogen and oxygen atoms in total. The van der Waals surface area contributed by atoms with E-state index >= 15 is 0 Å². The highest BCUT2D eigenvalue weighted by Gasteiger charge is 2.29. The first-order valence-electron chi connectivity index (χ1n) is 7.91. The molecule has 0 aliphatic heterocycles. The number of unbranched alkanes of at least 4 members (excludes halogenated alkanes) is 1. The Morgan fingerprint density at radius 1 is 0.913 bits per heavy atom. The minimum Gasteiger partial charge on any atom is -0.465 e. The Morgan fingerprint density at radius 2 is 1.43 bits per heavy atom. The van der Waals surface area contributed by atoms with E-state index in [1.54, 1.807) is 0 Å². The molecule has 0 bridgehead atoms. The summed E-state index contributed by atoms with van der Waals surface area (Å²) in [6, 6.07) is 0. The van der Waals surface area contributed by atoms with E-state index in [-0.39, 0.29) is 36.9 Å². The third-order valence-electron chi connectivity index (χ3n) is 3.64. The van der Waals surface area contributed by atoms with Gasteiger partial charge in [-0.15, -0.1) is 0 Å². The Labute approximate surface area is 137 Å². The number of carbonyl (C=O) groups excluding carboxylic acids is 4. The van der Waals surface area contributed by atoms with Gasteiger partial charge < -0.3 is 9.47 Å². The largest absolute Gasteiger partial charge is 0.465 e. The van der Waals surface area contributed by atoms with Gasteiger partial charge in [-0.25, -0.2) is 0 Å². The molecule has 0 aromatic rings. The summed E-state index contributed by atoms with van der Waals surface area (Å²) in [5.74, 6) is -1.33. The van der Waals surface area contributed by atoms with E-state index in [4.69, 9.17) is 9.47 Å². The SMILES string of the molecule is CC(=O)CC(=O)OCCCCC(C)C(C)(C)OC(=O)CC(C)=O. The van der Waals surface area contributed by atoms with Gasteiger partial charge in [0, 0.05) is 0 Å². The number of hydrogen-bond acceptors (Lipinski definition) is 6. The van der Waals surface area contributed by atoms with Gasteiger partial charge in [-0.1, -0.05) is 6.92 Å². The summed E-state index contributed by atoms with van der Waals surface area (Å²) in [5, 5.41) is 0. The van der Waals surface area contributed by atoms with Gasteiger partial charge in [-0.05, 0) is 52.9 Å². The summed E-state index contributed by atoms with van der Waals surface area (Å²) in [6.07, 6.45) is 1.90. The molecule has 0 aliphatic rings. The summed E-state index contributed by atoms with van der Waals surface area (Å²) in [4.78, 5) is 44.4. The van der Waals surface area contributed by atoms with Gasteiger partial charge in [-0.3, -0.25) is 19.2 Å². The summed E-state index contributed by atoms with van der Waals surface area (Å²) in [6.45, 7) is 8.60. The molecule has 0 spiro atoms. The molecule has 0 heterocycles. The Balaban J connectivity index is 4.01. The lowest BCUT2D eigenvalue weighted by Gasteiger charge is -2.31. The predicted octanol–water partition coefficient (Wildman–Crippen LogP) is 2.62. The number of ether oxygens (including phenoxy) is 2. The van der Waals surface area contributed by atoms with Crippen LogP contribution < -0.4 is 0 Å². The van der Waals surface area contributed by atoms with Crippen molar-refractivity contribution in [1.82, 2.24) is 0 Å². The van der Waals surface area contributed by atoms with Crippen LogP contribution in [0, 0.1) is 5.92 Å². The van der Waals surface area contributed by atoms with Gasteiger partial charge in [0.15, 0.2) is 0 Å². The van der Waals surface area contributed by atoms with Gasteiger partial charge in [0.1, 0.15) is 30.0 Å². The van der Waals surface area contributed by atoms with Crippen molar-refractivity contribution in [1.29, 1.82) is 0 Å². The number of Topliss-reactive ketones (excluding diaryl/α,β-unsaturated/α-hetero) is 2. The second-order valence-electron chi connectivity index (χ2n) is 6.45. The highest BCUT2D eigenvalue weighted by molar-refractivity contribution is 5.94. The molecule has 1 unspecified atom stereocenters. The van der Waals surface area contributed by atoms with Gasteiger partial charge in [0.2, 0.25) is 0 Å². The van der Waals surface area contributed by atoms with Crippen molar-refractivity contribution in [3.63, 3.8) is 0 Å². The highest BCUT2D eigenvalue weighted by atomic mass is 16.6. The monoisotopic (exact) mass is 328 g/mol. The van der Waals surface area contributed by atoms with E-state index in [1.165, 1.54) is 13.8 Å². The van der Waals surface area contributed by atoms with E-state index in [0.29, 0.717) is 6.42 Å². The molecule has 6 heteroatoms. The van der Waals surface area contributed by atoms with Crippen LogP contribution in [-0.2, 0) is 28.7 Å². The minimum absolute atomic E-state index is 0.103. The first-order valence-corrected chi connectivity index (χ1v) is 7.91. The van der Waals surface area contributed by atoms with Gasteiger partial charge in [0.05, 0.1) is 6.61 Å². The molecule has 0 saturated heterocycles. The van der Waals surface area contributed by atoms with Crippen LogP contribution in [0.1, 0.15) is 66.7 Å². The molecule has 0 saturated carbocycles. The number of ketones is 2. The maximum atomic E-state index is 11.6. The molecule has 0 amide bonds. The lowest BCUT2D eigenvalue weighted by molar-refractivity contribution is -0.162. The van der Waals surface area contributed by atoms with Gasteiger partial charge >= 0.3 is 11.9 Å². The molecule has 0 aromatic carbocycles. The Hall–Kier alpha value is -1.72. The third-order valence-corrected chi connectivity index (χ3v) is 3.64. The molecular weight excluding hydrogens is 300 g/mol. The van der Waals surface area contributed by atoms with Gasteiger partial charge in [-0.2, -0.15) is 0 Å². The van der Waals surface area contributed by atoms with Crippen LogP contribution in [0.4, 0.5) is 0 Å². The van der Waals surface area contributed by atoms with Crippen LogP contribution in [-0.4, -0.2) is 35.7 Å². The number of hydrogen-bond donors (Lipinski definition) is 0. The average molecular weight is 328 g/mol. The van der Waals surface area contributed by atoms with E-state index in [9.17, 15) is 19.2 Å². The van der Waals surface area contributed by atoms with Gasteiger partial charge in [0.25, 0.3) is 0 Å². The number of carbonyl (C=O) groups is 4. The fourth-order valence-electron chi connectivity index (χ4n) is 1.97. The van der Waals surface area contributed by atoms with Crippen molar-refractivity contribution in [2.75, 3.05) is 6.61 Å². The molecule has 0 aliphatic carbocycles. The molecule has 23 heavy (non-hydrogen) atoms. The van der Waals surface area contributed by atoms with E-state index in [1.807, 2.05) is 20.8 Å². The fourth-order valence-corrected chi connectivity index (χ4v) is 1.97. The Kier molecular flexibility index (Phi) is 9.37. The zero-order valence-corrected chi connectivity index (χ0v) is 14.8. The Morgan fingerprint density at radius 3 is 1.96 bits per heavy atom. The van der Waals surface area contributed by atoms with Crippen molar-refractivity contribution in [3.05, 3.63) is 0 Å². The molecule has 132 valence electrons. The Bertz CT molecular complexity index is 438. The average Bonchev–Trinajstić information content (AvgIpc) is 2.35. The van der Waals surface area contributed by atoms with E-state index in [2.05, 4.69) is 0 Å². The first kappa shape index (κ1) is 21.3. The van der Waals surface area contributed by atoms with Crippen molar-refractivity contribution < 1.29 is 28.7 Å². The van der Waals surface area contributed by atoms with Crippen LogP contribution in [0.25, 0.3) is 0 Å². The zero-order chi connectivity index (χ0) is 18.0. The third kappa shape index (κ3) is 10.6. The topological polar surface area (TPSA) is 86.7 Å². The summed E-state index contributed by atoms with van der Waals surface area (Å²) < 4.78 is 10.3. The number of rotatable bonds is 11. The first-order chi connectivity index (χ1) is 10.5. The molecule has 0 N–H and O–H groups in total. The quantitative estimate of drug-likeness (QED) is 0.329. The van der Waals surface area contributed by atoms with Crippen LogP contribution in [0.3, 0.4) is 0 Å². The van der Waals surface area contributed by atoms with Crippen LogP contribution in [0.15, 0.2) is 0 Å². The maximum absolute atomic E-state index is 11.6. The second kappa shape index (κ2) is 10.1. The van der Waals surface area contributed by atoms with Crippen LogP contribution in [0.5, 0.6) is 0 Å². The van der Waals surface area contributed by atoms with Crippen LogP contribution in [0.2, 0.25) is 0 Å². The molecule has 0 aromatic heterocycles. The molecule has 0 rings (SSSR count). The summed E-state index contributed by atoms with van der Waals surface area (Å²) >= 11 is 0. The lowest BCUT2D eigenvalue weighted by atomic mass is 9.88. The fraction of sp³-hybridized carbons (Fsp3) is 0.765. The summed E-state index contributed by atoms with van der Waals surface area (Å²) in [7, 11) is 0. The molecule has 1 atom stereocenters. The summed E-state index contributed by atoms with van der Waals surface area (Å²) in [5.41, 5.74) is -0.655. The van der Waals surface area contributed by atoms with E-state index < -0.39 is 17.5 Å². The minimum atomic E-state index is -0.655. The van der Waals surface area contributed by atoms with Crippen LogP contribution >= 0.6 is 0 Å². The molecule has 0 fully saturated rings. The lowest BCUT2D eigenvalue weighted by Crippen LogP contribution is -2.35.